The Morgan fingerprint density at radius 1 is 1.00 bits per heavy atom. The highest BCUT2D eigenvalue weighted by Gasteiger charge is 2.46. The van der Waals surface area contributed by atoms with Crippen LogP contribution in [0.2, 0.25) is 15.1 Å². The molecule has 0 bridgehead atoms. The van der Waals surface area contributed by atoms with Crippen LogP contribution in [0.15, 0.2) is 35.4 Å². The number of aliphatic hydroxyl groups is 3. The Balaban J connectivity index is 1.64. The Morgan fingerprint density at radius 3 is 2.21 bits per heavy atom. The standard InChI is InChI=1S/C20H15Cl3F3N3O4S/c21-9-3-8(4-10(22)15(9)23)34-20-19(32)17(18(31)14(6-30)33-20)29-5-13(27-28-29)7-1-11(24)16(26)12(25)2-7/h1-5,14,17-20,30-32H,6H2/t14?,17?,18-,19?,20+/m0/s1. The Bertz CT molecular complexity index is 1170. The van der Waals surface area contributed by atoms with Crippen molar-refractivity contribution in [2.75, 3.05) is 6.61 Å². The van der Waals surface area contributed by atoms with Crippen molar-refractivity contribution >= 4 is 46.6 Å². The second kappa shape index (κ2) is 10.2. The van der Waals surface area contributed by atoms with Crippen molar-refractivity contribution in [2.45, 2.75) is 34.7 Å². The summed E-state index contributed by atoms with van der Waals surface area (Å²) in [6.07, 6.45) is -2.71. The van der Waals surface area contributed by atoms with Crippen LogP contribution in [0.4, 0.5) is 13.2 Å². The zero-order valence-corrected chi connectivity index (χ0v) is 19.8. The summed E-state index contributed by atoms with van der Waals surface area (Å²) in [7, 11) is 0. The molecule has 4 rings (SSSR count). The Morgan fingerprint density at radius 2 is 1.62 bits per heavy atom. The van der Waals surface area contributed by atoms with Gasteiger partial charge in [-0.3, -0.25) is 0 Å². The maximum Gasteiger partial charge on any atom is 0.194 e. The third-order valence-electron chi connectivity index (χ3n) is 5.15. The highest BCUT2D eigenvalue weighted by Crippen LogP contribution is 2.41. The van der Waals surface area contributed by atoms with Gasteiger partial charge in [-0.15, -0.1) is 5.10 Å². The molecule has 1 aliphatic rings. The van der Waals surface area contributed by atoms with Crippen molar-refractivity contribution in [1.29, 1.82) is 0 Å². The summed E-state index contributed by atoms with van der Waals surface area (Å²) in [5.74, 6) is -4.44. The first-order valence-corrected chi connectivity index (χ1v) is 11.6. The topological polar surface area (TPSA) is 101 Å². The minimum absolute atomic E-state index is 0.0373. The number of thioether (sulfide) groups is 1. The van der Waals surface area contributed by atoms with Crippen LogP contribution in [0.3, 0.4) is 0 Å². The summed E-state index contributed by atoms with van der Waals surface area (Å²) in [5.41, 5.74) is -1.16. The molecule has 2 heterocycles. The SMILES string of the molecule is OCC1O[C@H](Sc2cc(Cl)c(Cl)c(Cl)c2)C(O)C(n2cc(-c3cc(F)c(F)c(F)c3)nn2)[C@H]1O. The fraction of sp³-hybridized carbons (Fsp3) is 0.300. The second-order valence-electron chi connectivity index (χ2n) is 7.35. The largest absolute Gasteiger partial charge is 0.394 e. The maximum absolute atomic E-state index is 13.6. The van der Waals surface area contributed by atoms with E-state index in [0.29, 0.717) is 4.90 Å². The number of nitrogens with zero attached hydrogens (tertiary/aromatic N) is 3. The van der Waals surface area contributed by atoms with E-state index in [2.05, 4.69) is 10.3 Å². The summed E-state index contributed by atoms with van der Waals surface area (Å²) in [6.45, 7) is -0.584. The molecule has 7 nitrogen and oxygen atoms in total. The Kier molecular flexibility index (Phi) is 7.65. The Hall–Kier alpha value is -1.57. The highest BCUT2D eigenvalue weighted by atomic mass is 35.5. The summed E-state index contributed by atoms with van der Waals surface area (Å²) in [6, 6.07) is 3.34. The maximum atomic E-state index is 13.6. The smallest absolute Gasteiger partial charge is 0.194 e. The van der Waals surface area contributed by atoms with Crippen LogP contribution in [0.1, 0.15) is 6.04 Å². The average Bonchev–Trinajstić information content (AvgIpc) is 3.27. The zero-order chi connectivity index (χ0) is 24.7. The predicted molar refractivity (Wildman–Crippen MR) is 119 cm³/mol. The lowest BCUT2D eigenvalue weighted by molar-refractivity contribution is -0.178. The minimum atomic E-state index is -1.63. The van der Waals surface area contributed by atoms with Crippen molar-refractivity contribution in [1.82, 2.24) is 15.0 Å². The molecule has 0 saturated carbocycles. The third kappa shape index (κ3) is 4.89. The Labute approximate surface area is 210 Å². The lowest BCUT2D eigenvalue weighted by Gasteiger charge is -2.41. The van der Waals surface area contributed by atoms with E-state index in [1.807, 2.05) is 0 Å². The fourth-order valence-corrected chi connectivity index (χ4v) is 5.33. The van der Waals surface area contributed by atoms with Crippen LogP contribution in [-0.2, 0) is 4.74 Å². The highest BCUT2D eigenvalue weighted by molar-refractivity contribution is 7.99. The normalized spacial score (nSPS) is 25.0. The number of halogens is 6. The number of benzene rings is 2. The van der Waals surface area contributed by atoms with Crippen molar-refractivity contribution in [3.63, 3.8) is 0 Å². The summed E-state index contributed by atoms with van der Waals surface area (Å²) in [5, 5.41) is 39.5. The van der Waals surface area contributed by atoms with E-state index in [9.17, 15) is 28.5 Å². The molecule has 5 atom stereocenters. The monoisotopic (exact) mass is 555 g/mol. The first kappa shape index (κ1) is 25.5. The molecule has 3 unspecified atom stereocenters. The van der Waals surface area contributed by atoms with Crippen molar-refractivity contribution in [3.05, 3.63) is 63.0 Å². The molecule has 0 spiro atoms. The molecule has 0 amide bonds. The minimum Gasteiger partial charge on any atom is -0.394 e. The number of rotatable bonds is 5. The van der Waals surface area contributed by atoms with Gasteiger partial charge in [0.1, 0.15) is 35.5 Å². The molecular formula is C20H15Cl3F3N3O4S. The van der Waals surface area contributed by atoms with Gasteiger partial charge in [-0.05, 0) is 24.3 Å². The van der Waals surface area contributed by atoms with Crippen LogP contribution < -0.4 is 0 Å². The van der Waals surface area contributed by atoms with Gasteiger partial charge in [-0.1, -0.05) is 51.8 Å². The van der Waals surface area contributed by atoms with Crippen LogP contribution in [0.25, 0.3) is 11.3 Å². The van der Waals surface area contributed by atoms with Gasteiger partial charge in [0.2, 0.25) is 0 Å². The number of aliphatic hydroxyl groups excluding tert-OH is 3. The van der Waals surface area contributed by atoms with Crippen LogP contribution >= 0.6 is 46.6 Å². The molecular weight excluding hydrogens is 542 g/mol. The lowest BCUT2D eigenvalue weighted by Crippen LogP contribution is -2.55. The molecule has 2 aromatic carbocycles. The molecule has 3 N–H and O–H groups in total. The van der Waals surface area contributed by atoms with Crippen molar-refractivity contribution in [3.8, 4) is 11.3 Å². The first-order valence-electron chi connectivity index (χ1n) is 9.61. The van der Waals surface area contributed by atoms with Gasteiger partial charge >= 0.3 is 0 Å². The average molecular weight is 557 g/mol. The number of aromatic nitrogens is 3. The van der Waals surface area contributed by atoms with Gasteiger partial charge in [0.05, 0.1) is 27.9 Å². The van der Waals surface area contributed by atoms with E-state index < -0.39 is 53.8 Å². The summed E-state index contributed by atoms with van der Waals surface area (Å²) in [4.78, 5) is 0.492. The van der Waals surface area contributed by atoms with Gasteiger partial charge in [0.15, 0.2) is 17.5 Å². The predicted octanol–water partition coefficient (Wildman–Crippen LogP) is 4.10. The molecule has 1 aliphatic heterocycles. The van der Waals surface area contributed by atoms with Crippen LogP contribution in [0.5, 0.6) is 0 Å². The van der Waals surface area contributed by atoms with Crippen LogP contribution in [0, 0.1) is 17.5 Å². The molecule has 0 aliphatic carbocycles. The van der Waals surface area contributed by atoms with E-state index in [-0.39, 0.29) is 26.3 Å². The summed E-state index contributed by atoms with van der Waals surface area (Å²) < 4.78 is 47.3. The quantitative estimate of drug-likeness (QED) is 0.407. The fourth-order valence-electron chi connectivity index (χ4n) is 3.47. The van der Waals surface area contributed by atoms with Crippen molar-refractivity contribution in [2.24, 2.45) is 0 Å². The van der Waals surface area contributed by atoms with Crippen molar-refractivity contribution < 1.29 is 33.2 Å². The van der Waals surface area contributed by atoms with E-state index in [4.69, 9.17) is 39.5 Å². The molecule has 1 saturated heterocycles. The molecule has 14 heteroatoms. The van der Waals surface area contributed by atoms with Gasteiger partial charge < -0.3 is 20.1 Å². The first-order chi connectivity index (χ1) is 16.1. The number of hydrogen-bond donors (Lipinski definition) is 3. The van der Waals surface area contributed by atoms with E-state index in [0.717, 1.165) is 28.6 Å². The van der Waals surface area contributed by atoms with Gasteiger partial charge in [0.25, 0.3) is 0 Å². The van der Waals surface area contributed by atoms with Gasteiger partial charge in [-0.2, -0.15) is 0 Å². The number of ether oxygens (including phenoxy) is 1. The number of hydrogen-bond acceptors (Lipinski definition) is 7. The molecule has 3 aromatic rings. The zero-order valence-electron chi connectivity index (χ0n) is 16.7. The summed E-state index contributed by atoms with van der Waals surface area (Å²) >= 11 is 19.1. The van der Waals surface area contributed by atoms with E-state index in [1.165, 1.54) is 18.3 Å². The molecule has 182 valence electrons. The molecule has 34 heavy (non-hydrogen) atoms. The second-order valence-corrected chi connectivity index (χ2v) is 9.72. The van der Waals surface area contributed by atoms with Crippen LogP contribution in [-0.4, -0.2) is 60.7 Å². The molecule has 0 radical (unpaired) electrons. The van der Waals surface area contributed by atoms with E-state index >= 15 is 0 Å². The molecule has 1 aromatic heterocycles. The van der Waals surface area contributed by atoms with Gasteiger partial charge in [-0.25, -0.2) is 17.9 Å². The van der Waals surface area contributed by atoms with Gasteiger partial charge in [0, 0.05) is 10.5 Å². The third-order valence-corrected chi connectivity index (χ3v) is 7.48. The van der Waals surface area contributed by atoms with E-state index in [1.54, 1.807) is 0 Å². The molecule has 1 fully saturated rings. The lowest BCUT2D eigenvalue weighted by atomic mass is 9.97.